The molecule has 0 radical (unpaired) electrons. The molecule has 0 N–H and O–H groups in total. The fourth-order valence-electron chi connectivity index (χ4n) is 4.02. The molecule has 1 aromatic carbocycles. The number of para-hydroxylation sites is 1. The van der Waals surface area contributed by atoms with Crippen LogP contribution < -0.4 is 4.90 Å². The van der Waals surface area contributed by atoms with Gasteiger partial charge in [-0.15, -0.1) is 10.2 Å². The van der Waals surface area contributed by atoms with Gasteiger partial charge in [0.15, 0.2) is 5.16 Å². The van der Waals surface area contributed by atoms with E-state index in [0.29, 0.717) is 0 Å². The summed E-state index contributed by atoms with van der Waals surface area (Å²) in [7, 11) is 0. The Morgan fingerprint density at radius 3 is 2.25 bits per heavy atom. The van der Waals surface area contributed by atoms with Crippen LogP contribution in [-0.2, 0) is 4.79 Å². The van der Waals surface area contributed by atoms with E-state index in [-0.39, 0.29) is 11.2 Å². The molecule has 150 valence electrons. The van der Waals surface area contributed by atoms with E-state index in [0.717, 1.165) is 55.8 Å². The van der Waals surface area contributed by atoms with Crippen LogP contribution in [0.15, 0.2) is 35.5 Å². The van der Waals surface area contributed by atoms with Gasteiger partial charge in [0.1, 0.15) is 0 Å². The normalized spacial score (nSPS) is 18.9. The van der Waals surface area contributed by atoms with Crippen molar-refractivity contribution in [2.24, 2.45) is 0 Å². The molecule has 0 saturated carbocycles. The number of rotatable bonds is 5. The topological polar surface area (TPSA) is 54.3 Å². The standard InChI is InChI=1S/C21H29N5OS/c1-17(19(27)24-13-7-3-8-14-24)28-21-23-22-20(25-15-9-4-10-16-25)26(21)18-11-5-2-6-12-18/h2,5-6,11-12,17H,3-4,7-10,13-16H2,1H3/t17-/m0/s1. The molecule has 2 saturated heterocycles. The van der Waals surface area contributed by atoms with Crippen molar-refractivity contribution in [3.8, 4) is 5.69 Å². The number of hydrogen-bond donors (Lipinski definition) is 0. The molecule has 0 aliphatic carbocycles. The molecule has 4 rings (SSSR count). The second-order valence-corrected chi connectivity index (χ2v) is 8.96. The maximum absolute atomic E-state index is 12.9. The molecular formula is C21H29N5OS. The lowest BCUT2D eigenvalue weighted by Crippen LogP contribution is -2.40. The van der Waals surface area contributed by atoms with Crippen molar-refractivity contribution in [2.75, 3.05) is 31.1 Å². The van der Waals surface area contributed by atoms with E-state index in [9.17, 15) is 4.79 Å². The van der Waals surface area contributed by atoms with Gasteiger partial charge in [-0.1, -0.05) is 30.0 Å². The molecule has 6 nitrogen and oxygen atoms in total. The van der Waals surface area contributed by atoms with E-state index >= 15 is 0 Å². The van der Waals surface area contributed by atoms with E-state index in [2.05, 4.69) is 31.8 Å². The molecule has 28 heavy (non-hydrogen) atoms. The molecule has 0 unspecified atom stereocenters. The second-order valence-electron chi connectivity index (χ2n) is 7.65. The highest BCUT2D eigenvalue weighted by atomic mass is 32.2. The minimum absolute atomic E-state index is 0.168. The summed E-state index contributed by atoms with van der Waals surface area (Å²) < 4.78 is 2.12. The van der Waals surface area contributed by atoms with Gasteiger partial charge >= 0.3 is 0 Å². The third kappa shape index (κ3) is 4.19. The van der Waals surface area contributed by atoms with Crippen LogP contribution in [0.1, 0.15) is 45.4 Å². The van der Waals surface area contributed by atoms with Gasteiger partial charge < -0.3 is 9.80 Å². The number of benzene rings is 1. The smallest absolute Gasteiger partial charge is 0.235 e. The molecule has 0 bridgehead atoms. The van der Waals surface area contributed by atoms with Crippen molar-refractivity contribution in [3.63, 3.8) is 0 Å². The molecule has 2 aliphatic rings. The number of amides is 1. The van der Waals surface area contributed by atoms with Crippen molar-refractivity contribution in [2.45, 2.75) is 55.9 Å². The van der Waals surface area contributed by atoms with Crippen LogP contribution in [0, 0.1) is 0 Å². The second kappa shape index (κ2) is 8.99. The lowest BCUT2D eigenvalue weighted by atomic mass is 10.1. The molecule has 2 fully saturated rings. The molecule has 1 amide bonds. The molecule has 1 aromatic heterocycles. The predicted octanol–water partition coefficient (Wildman–Crippen LogP) is 3.75. The monoisotopic (exact) mass is 399 g/mol. The van der Waals surface area contributed by atoms with Crippen LogP contribution in [0.2, 0.25) is 0 Å². The van der Waals surface area contributed by atoms with E-state index in [1.807, 2.05) is 30.0 Å². The van der Waals surface area contributed by atoms with Gasteiger partial charge in [-0.2, -0.15) is 0 Å². The summed E-state index contributed by atoms with van der Waals surface area (Å²) in [6, 6.07) is 10.2. The van der Waals surface area contributed by atoms with E-state index < -0.39 is 0 Å². The molecule has 7 heteroatoms. The number of carbonyl (C=O) groups is 1. The zero-order valence-electron chi connectivity index (χ0n) is 16.6. The SMILES string of the molecule is C[C@H](Sc1nnc(N2CCCCC2)n1-c1ccccc1)C(=O)N1CCCCC1. The summed E-state index contributed by atoms with van der Waals surface area (Å²) in [4.78, 5) is 17.2. The van der Waals surface area contributed by atoms with Crippen molar-refractivity contribution >= 4 is 23.6 Å². The Kier molecular flexibility index (Phi) is 6.20. The van der Waals surface area contributed by atoms with Crippen molar-refractivity contribution in [3.05, 3.63) is 30.3 Å². The number of aromatic nitrogens is 3. The van der Waals surface area contributed by atoms with Crippen LogP contribution in [0.5, 0.6) is 0 Å². The largest absolute Gasteiger partial charge is 0.342 e. The Morgan fingerprint density at radius 1 is 0.929 bits per heavy atom. The fourth-order valence-corrected chi connectivity index (χ4v) is 4.97. The lowest BCUT2D eigenvalue weighted by Gasteiger charge is -2.29. The van der Waals surface area contributed by atoms with E-state index in [1.54, 1.807) is 0 Å². The molecular weight excluding hydrogens is 370 g/mol. The molecule has 2 aliphatic heterocycles. The summed E-state index contributed by atoms with van der Waals surface area (Å²) in [5.41, 5.74) is 1.05. The van der Waals surface area contributed by atoms with Gasteiger partial charge in [0.2, 0.25) is 11.9 Å². The van der Waals surface area contributed by atoms with Crippen LogP contribution in [0.3, 0.4) is 0 Å². The van der Waals surface area contributed by atoms with E-state index in [4.69, 9.17) is 0 Å². The summed E-state index contributed by atoms with van der Waals surface area (Å²) in [5, 5.41) is 9.66. The number of anilines is 1. The molecule has 3 heterocycles. The van der Waals surface area contributed by atoms with Gasteiger partial charge in [-0.25, -0.2) is 0 Å². The highest BCUT2D eigenvalue weighted by Gasteiger charge is 2.27. The summed E-state index contributed by atoms with van der Waals surface area (Å²) >= 11 is 1.52. The first kappa shape index (κ1) is 19.3. The quantitative estimate of drug-likeness (QED) is 0.717. The summed E-state index contributed by atoms with van der Waals surface area (Å²) in [6.07, 6.45) is 7.11. The van der Waals surface area contributed by atoms with Gasteiger partial charge in [0.25, 0.3) is 0 Å². The first-order valence-corrected chi connectivity index (χ1v) is 11.3. The summed E-state index contributed by atoms with van der Waals surface area (Å²) in [5.74, 6) is 1.11. The number of hydrogen-bond acceptors (Lipinski definition) is 5. The maximum atomic E-state index is 12.9. The zero-order chi connectivity index (χ0) is 19.3. The minimum atomic E-state index is -0.168. The number of thioether (sulfide) groups is 1. The highest BCUT2D eigenvalue weighted by Crippen LogP contribution is 2.31. The fraction of sp³-hybridized carbons (Fsp3) is 0.571. The number of likely N-dealkylation sites (tertiary alicyclic amines) is 1. The molecule has 1 atom stereocenters. The first-order valence-electron chi connectivity index (χ1n) is 10.5. The van der Waals surface area contributed by atoms with Gasteiger partial charge in [0.05, 0.1) is 10.9 Å². The molecule has 0 spiro atoms. The number of nitrogens with zero attached hydrogens (tertiary/aromatic N) is 5. The number of carbonyl (C=O) groups excluding carboxylic acids is 1. The third-order valence-corrected chi connectivity index (χ3v) is 6.60. The van der Waals surface area contributed by atoms with Crippen LogP contribution in [0.4, 0.5) is 5.95 Å². The minimum Gasteiger partial charge on any atom is -0.342 e. The van der Waals surface area contributed by atoms with E-state index in [1.165, 1.54) is 37.4 Å². The zero-order valence-corrected chi connectivity index (χ0v) is 17.4. The van der Waals surface area contributed by atoms with Gasteiger partial charge in [-0.3, -0.25) is 9.36 Å². The third-order valence-electron chi connectivity index (χ3n) is 5.57. The van der Waals surface area contributed by atoms with Crippen LogP contribution in [-0.4, -0.2) is 57.0 Å². The Hall–Kier alpha value is -2.02. The summed E-state index contributed by atoms with van der Waals surface area (Å²) in [6.45, 7) is 5.78. The Bertz CT molecular complexity index is 781. The Morgan fingerprint density at radius 2 is 1.57 bits per heavy atom. The maximum Gasteiger partial charge on any atom is 0.235 e. The van der Waals surface area contributed by atoms with Crippen LogP contribution >= 0.6 is 11.8 Å². The van der Waals surface area contributed by atoms with Crippen molar-refractivity contribution < 1.29 is 4.79 Å². The Labute approximate surface area is 171 Å². The molecule has 2 aromatic rings. The Balaban J connectivity index is 1.59. The predicted molar refractivity (Wildman–Crippen MR) is 113 cm³/mol. The van der Waals surface area contributed by atoms with Crippen molar-refractivity contribution in [1.29, 1.82) is 0 Å². The van der Waals surface area contributed by atoms with Crippen molar-refractivity contribution in [1.82, 2.24) is 19.7 Å². The first-order chi connectivity index (χ1) is 13.7. The highest BCUT2D eigenvalue weighted by molar-refractivity contribution is 8.00. The van der Waals surface area contributed by atoms with Gasteiger partial charge in [-0.05, 0) is 57.6 Å². The average molecular weight is 400 g/mol. The number of piperidine rings is 2. The lowest BCUT2D eigenvalue weighted by molar-refractivity contribution is -0.131. The average Bonchev–Trinajstić information content (AvgIpc) is 3.18. The van der Waals surface area contributed by atoms with Gasteiger partial charge in [0, 0.05) is 26.2 Å². The van der Waals surface area contributed by atoms with Crippen LogP contribution in [0.25, 0.3) is 5.69 Å².